The average Bonchev–Trinajstić information content (AvgIpc) is 2.54. The van der Waals surface area contributed by atoms with Crippen LogP contribution in [0.1, 0.15) is 13.8 Å². The molecule has 90 valence electrons. The maximum atomic E-state index is 11.6. The Morgan fingerprint density at radius 2 is 2.18 bits per heavy atom. The maximum absolute atomic E-state index is 11.6. The number of aromatic nitrogens is 2. The van der Waals surface area contributed by atoms with Gasteiger partial charge in [-0.2, -0.15) is 0 Å². The molecule has 1 heterocycles. The Morgan fingerprint density at radius 3 is 2.76 bits per heavy atom. The van der Waals surface area contributed by atoms with Crippen molar-refractivity contribution in [3.8, 4) is 0 Å². The minimum absolute atomic E-state index is 0.0855. The summed E-state index contributed by atoms with van der Waals surface area (Å²) >= 11 is 0. The van der Waals surface area contributed by atoms with Crippen LogP contribution in [0.4, 0.5) is 5.69 Å². The minimum Gasteiger partial charge on any atom is -0.406 e. The lowest BCUT2D eigenvalue weighted by atomic mass is 10.3. The Bertz CT molecular complexity index is 626. The van der Waals surface area contributed by atoms with E-state index < -0.39 is 10.6 Å². The lowest BCUT2D eigenvalue weighted by molar-refractivity contribution is -0.384. The first-order chi connectivity index (χ1) is 7.99. The first-order valence-electron chi connectivity index (χ1n) is 5.05. The number of nitro benzene ring substituents is 1. The average molecular weight is 237 g/mol. The van der Waals surface area contributed by atoms with E-state index in [-0.39, 0.29) is 11.8 Å². The predicted molar refractivity (Wildman–Crippen MR) is 60.9 cm³/mol. The molecule has 0 aliphatic carbocycles. The lowest BCUT2D eigenvalue weighted by Gasteiger charge is -2.08. The minimum atomic E-state index is -0.517. The van der Waals surface area contributed by atoms with E-state index in [0.717, 1.165) is 4.73 Å². The second-order valence-corrected chi connectivity index (χ2v) is 3.84. The molecule has 1 aromatic heterocycles. The van der Waals surface area contributed by atoms with E-state index in [0.29, 0.717) is 11.0 Å². The SMILES string of the molecule is CC(C)On1c(=O)[nH]c2ccc([N+](=O)[O-])cc21. The van der Waals surface area contributed by atoms with Crippen LogP contribution in [0.15, 0.2) is 23.0 Å². The highest BCUT2D eigenvalue weighted by atomic mass is 16.7. The van der Waals surface area contributed by atoms with Gasteiger partial charge in [0.2, 0.25) is 0 Å². The fraction of sp³-hybridized carbons (Fsp3) is 0.300. The van der Waals surface area contributed by atoms with E-state index in [1.807, 2.05) is 0 Å². The molecule has 0 bridgehead atoms. The first kappa shape index (κ1) is 11.2. The Hall–Kier alpha value is -2.31. The van der Waals surface area contributed by atoms with E-state index in [1.54, 1.807) is 13.8 Å². The van der Waals surface area contributed by atoms with Gasteiger partial charge in [-0.1, -0.05) is 0 Å². The van der Waals surface area contributed by atoms with Gasteiger partial charge in [0.15, 0.2) is 0 Å². The van der Waals surface area contributed by atoms with Crippen molar-refractivity contribution in [2.75, 3.05) is 0 Å². The number of hydrogen-bond donors (Lipinski definition) is 1. The fourth-order valence-corrected chi connectivity index (χ4v) is 1.50. The summed E-state index contributed by atoms with van der Waals surface area (Å²) in [6.45, 7) is 3.53. The van der Waals surface area contributed by atoms with Gasteiger partial charge in [0.1, 0.15) is 11.6 Å². The first-order valence-corrected chi connectivity index (χ1v) is 5.05. The number of H-pyrrole nitrogens is 1. The number of nitro groups is 1. The number of fused-ring (bicyclic) bond motifs is 1. The number of rotatable bonds is 3. The summed E-state index contributed by atoms with van der Waals surface area (Å²) in [4.78, 5) is 29.5. The molecule has 0 aliphatic rings. The van der Waals surface area contributed by atoms with Crippen LogP contribution in [-0.4, -0.2) is 20.7 Å². The van der Waals surface area contributed by atoms with Crippen molar-refractivity contribution in [3.05, 3.63) is 38.8 Å². The highest BCUT2D eigenvalue weighted by molar-refractivity contribution is 5.77. The number of imidazole rings is 1. The highest BCUT2D eigenvalue weighted by Gasteiger charge is 2.13. The lowest BCUT2D eigenvalue weighted by Crippen LogP contribution is -2.28. The molecule has 1 aromatic carbocycles. The normalized spacial score (nSPS) is 11.0. The van der Waals surface area contributed by atoms with E-state index in [2.05, 4.69) is 4.98 Å². The molecule has 2 rings (SSSR count). The molecule has 7 nitrogen and oxygen atoms in total. The molecular weight excluding hydrogens is 226 g/mol. The molecule has 0 saturated carbocycles. The monoisotopic (exact) mass is 237 g/mol. The standard InChI is InChI=1S/C10H11N3O4/c1-6(2)17-12-9-5-7(13(15)16)3-4-8(9)11-10(12)14/h3-6H,1-2H3,(H,11,14). The molecule has 0 aliphatic heterocycles. The number of benzene rings is 1. The number of aromatic amines is 1. The van der Waals surface area contributed by atoms with Crippen molar-refractivity contribution in [2.24, 2.45) is 0 Å². The zero-order valence-electron chi connectivity index (χ0n) is 9.34. The molecule has 1 N–H and O–H groups in total. The van der Waals surface area contributed by atoms with Gasteiger partial charge < -0.3 is 9.82 Å². The van der Waals surface area contributed by atoms with Crippen LogP contribution in [0.5, 0.6) is 0 Å². The van der Waals surface area contributed by atoms with Crippen LogP contribution in [0.3, 0.4) is 0 Å². The summed E-state index contributed by atoms with van der Waals surface area (Å²) in [5, 5.41) is 10.7. The smallest absolute Gasteiger partial charge is 0.359 e. The molecule has 0 unspecified atom stereocenters. The largest absolute Gasteiger partial charge is 0.406 e. The van der Waals surface area contributed by atoms with Crippen molar-refractivity contribution in [2.45, 2.75) is 20.0 Å². The summed E-state index contributed by atoms with van der Waals surface area (Å²) < 4.78 is 1.03. The Labute approximate surface area is 95.7 Å². The van der Waals surface area contributed by atoms with Gasteiger partial charge in [-0.25, -0.2) is 4.79 Å². The Kier molecular flexibility index (Phi) is 2.58. The van der Waals surface area contributed by atoms with Gasteiger partial charge in [-0.3, -0.25) is 10.1 Å². The van der Waals surface area contributed by atoms with Gasteiger partial charge >= 0.3 is 5.69 Å². The van der Waals surface area contributed by atoms with Crippen LogP contribution in [0.2, 0.25) is 0 Å². The topological polar surface area (TPSA) is 90.2 Å². The number of nitrogens with zero attached hydrogens (tertiary/aromatic N) is 2. The van der Waals surface area contributed by atoms with Gasteiger partial charge in [-0.05, 0) is 19.9 Å². The molecule has 0 fully saturated rings. The third-order valence-corrected chi connectivity index (χ3v) is 2.15. The van der Waals surface area contributed by atoms with Gasteiger partial charge in [0, 0.05) is 12.1 Å². The molecule has 7 heteroatoms. The summed E-state index contributed by atoms with van der Waals surface area (Å²) in [5.41, 5.74) is 0.325. The van der Waals surface area contributed by atoms with Crippen molar-refractivity contribution >= 4 is 16.7 Å². The van der Waals surface area contributed by atoms with E-state index >= 15 is 0 Å². The van der Waals surface area contributed by atoms with Gasteiger partial charge in [0.05, 0.1) is 10.4 Å². The second kappa shape index (κ2) is 3.93. The summed E-state index contributed by atoms with van der Waals surface area (Å²) in [7, 11) is 0. The van der Waals surface area contributed by atoms with Gasteiger partial charge in [-0.15, -0.1) is 4.73 Å². The molecule has 0 amide bonds. The van der Waals surface area contributed by atoms with Crippen LogP contribution < -0.4 is 10.5 Å². The second-order valence-electron chi connectivity index (χ2n) is 3.84. The third kappa shape index (κ3) is 1.99. The Balaban J connectivity index is 2.65. The molecular formula is C10H11N3O4. The molecule has 17 heavy (non-hydrogen) atoms. The van der Waals surface area contributed by atoms with Crippen molar-refractivity contribution in [1.29, 1.82) is 0 Å². The molecule has 2 aromatic rings. The highest BCUT2D eigenvalue weighted by Crippen LogP contribution is 2.17. The fourth-order valence-electron chi connectivity index (χ4n) is 1.50. The Morgan fingerprint density at radius 1 is 1.47 bits per heavy atom. The number of hydrogen-bond acceptors (Lipinski definition) is 4. The quantitative estimate of drug-likeness (QED) is 0.638. The molecule has 0 atom stereocenters. The summed E-state index contributed by atoms with van der Waals surface area (Å²) in [6, 6.07) is 4.11. The van der Waals surface area contributed by atoms with Crippen LogP contribution in [0, 0.1) is 10.1 Å². The summed E-state index contributed by atoms with van der Waals surface area (Å²) in [5.74, 6) is 0. The summed E-state index contributed by atoms with van der Waals surface area (Å²) in [6.07, 6.45) is -0.203. The third-order valence-electron chi connectivity index (χ3n) is 2.15. The van der Waals surface area contributed by atoms with E-state index in [1.165, 1.54) is 18.2 Å². The zero-order valence-corrected chi connectivity index (χ0v) is 9.34. The molecule has 0 radical (unpaired) electrons. The zero-order chi connectivity index (χ0) is 12.6. The van der Waals surface area contributed by atoms with Crippen molar-refractivity contribution in [1.82, 2.24) is 9.71 Å². The van der Waals surface area contributed by atoms with Crippen molar-refractivity contribution < 1.29 is 9.76 Å². The maximum Gasteiger partial charge on any atom is 0.359 e. The van der Waals surface area contributed by atoms with Gasteiger partial charge in [0.25, 0.3) is 5.69 Å². The van der Waals surface area contributed by atoms with Crippen LogP contribution in [0.25, 0.3) is 11.0 Å². The van der Waals surface area contributed by atoms with E-state index in [9.17, 15) is 14.9 Å². The number of nitrogens with one attached hydrogen (secondary N) is 1. The predicted octanol–water partition coefficient (Wildman–Crippen LogP) is 1.07. The van der Waals surface area contributed by atoms with Crippen LogP contribution >= 0.6 is 0 Å². The number of non-ortho nitro benzene ring substituents is 1. The van der Waals surface area contributed by atoms with Crippen molar-refractivity contribution in [3.63, 3.8) is 0 Å². The molecule has 0 saturated heterocycles. The van der Waals surface area contributed by atoms with E-state index in [4.69, 9.17) is 4.84 Å². The van der Waals surface area contributed by atoms with Crippen LogP contribution in [-0.2, 0) is 0 Å². The molecule has 0 spiro atoms.